The van der Waals surface area contributed by atoms with E-state index < -0.39 is 43.4 Å². The number of amides is 1. The minimum absolute atomic E-state index is 0.0794. The second-order valence-electron chi connectivity index (χ2n) is 5.29. The molecule has 0 heterocycles. The quantitative estimate of drug-likeness (QED) is 0.233. The number of alkyl halides is 8. The van der Waals surface area contributed by atoms with Gasteiger partial charge in [-0.25, -0.2) is 23.4 Å². The van der Waals surface area contributed by atoms with Gasteiger partial charge in [0.25, 0.3) is 0 Å². The van der Waals surface area contributed by atoms with Crippen LogP contribution in [0.4, 0.5) is 39.9 Å². The van der Waals surface area contributed by atoms with Crippen LogP contribution in [0.3, 0.4) is 0 Å². The molecule has 0 spiro atoms. The fourth-order valence-corrected chi connectivity index (χ4v) is 1.85. The first-order chi connectivity index (χ1) is 11.8. The summed E-state index contributed by atoms with van der Waals surface area (Å²) in [6.45, 7) is -2.93. The van der Waals surface area contributed by atoms with Crippen molar-refractivity contribution in [2.24, 2.45) is 4.99 Å². The highest BCUT2D eigenvalue weighted by molar-refractivity contribution is 5.65. The monoisotopic (exact) mass is 400 g/mol. The molecule has 0 unspecified atom stereocenters. The van der Waals surface area contributed by atoms with Gasteiger partial charge < -0.3 is 10.0 Å². The molecule has 0 saturated carbocycles. The van der Waals surface area contributed by atoms with Gasteiger partial charge in [0, 0.05) is 6.54 Å². The summed E-state index contributed by atoms with van der Waals surface area (Å²) < 4.78 is 103. The molecular formula is C13H16F8N2O3. The van der Waals surface area contributed by atoms with Crippen molar-refractivity contribution in [3.05, 3.63) is 0 Å². The highest BCUT2D eigenvalue weighted by Gasteiger charge is 2.75. The van der Waals surface area contributed by atoms with Gasteiger partial charge in [0.15, 0.2) is 0 Å². The number of carboxylic acid groups (broad SMARTS) is 1. The van der Waals surface area contributed by atoms with Crippen LogP contribution < -0.4 is 0 Å². The zero-order valence-corrected chi connectivity index (χ0v) is 13.2. The summed E-state index contributed by atoms with van der Waals surface area (Å²) in [5, 5.41) is 8.74. The Morgan fingerprint density at radius 3 is 2.04 bits per heavy atom. The Labute approximate surface area is 142 Å². The molecule has 0 aliphatic rings. The number of unbranched alkanes of at least 4 members (excludes halogenated alkanes) is 3. The summed E-state index contributed by atoms with van der Waals surface area (Å²) >= 11 is 0. The molecule has 0 atom stereocenters. The molecule has 0 aliphatic heterocycles. The van der Waals surface area contributed by atoms with Crippen LogP contribution in [0.2, 0.25) is 0 Å². The van der Waals surface area contributed by atoms with E-state index in [0.717, 1.165) is 0 Å². The van der Waals surface area contributed by atoms with Gasteiger partial charge in [0.2, 0.25) is 6.08 Å². The van der Waals surface area contributed by atoms with Crippen molar-refractivity contribution in [2.45, 2.75) is 49.9 Å². The number of hydrogen-bond donors (Lipinski definition) is 1. The molecule has 0 aromatic rings. The van der Waals surface area contributed by atoms with Crippen LogP contribution in [0, 0.1) is 0 Å². The first kappa shape index (κ1) is 24.1. The summed E-state index contributed by atoms with van der Waals surface area (Å²) in [6, 6.07) is 0. The standard InChI is InChI=1S/C13H16F8N2O3/c14-9(15)12(18,19)13(20,21)11(16,17)7-23(10(25)26)6-4-2-1-3-5-22-8-24/h9H,1-7H2,(H,25,26). The van der Waals surface area contributed by atoms with Gasteiger partial charge in [-0.2, -0.15) is 26.3 Å². The third kappa shape index (κ3) is 6.11. The van der Waals surface area contributed by atoms with E-state index >= 15 is 0 Å². The van der Waals surface area contributed by atoms with E-state index in [9.17, 15) is 44.7 Å². The number of aliphatic imine (C=N–C) groups is 1. The predicted octanol–water partition coefficient (Wildman–Crippen LogP) is 4.03. The third-order valence-electron chi connectivity index (χ3n) is 3.32. The normalized spacial score (nSPS) is 12.8. The lowest BCUT2D eigenvalue weighted by atomic mass is 10.0. The van der Waals surface area contributed by atoms with Gasteiger partial charge in [-0.1, -0.05) is 12.8 Å². The van der Waals surface area contributed by atoms with Crippen molar-refractivity contribution in [3.63, 3.8) is 0 Å². The first-order valence-corrected chi connectivity index (χ1v) is 7.24. The fraction of sp³-hybridized carbons (Fsp3) is 0.846. The zero-order chi connectivity index (χ0) is 20.6. The van der Waals surface area contributed by atoms with Crippen LogP contribution >= 0.6 is 0 Å². The average molecular weight is 400 g/mol. The Bertz CT molecular complexity index is 510. The van der Waals surface area contributed by atoms with Crippen LogP contribution in [0.1, 0.15) is 25.7 Å². The van der Waals surface area contributed by atoms with E-state index in [1.54, 1.807) is 0 Å². The van der Waals surface area contributed by atoms with Crippen LogP contribution in [-0.2, 0) is 4.79 Å². The minimum Gasteiger partial charge on any atom is -0.465 e. The van der Waals surface area contributed by atoms with Crippen LogP contribution in [-0.4, -0.2) is 66.0 Å². The van der Waals surface area contributed by atoms with E-state index in [1.165, 1.54) is 6.08 Å². The van der Waals surface area contributed by atoms with E-state index in [-0.39, 0.29) is 24.3 Å². The molecule has 26 heavy (non-hydrogen) atoms. The van der Waals surface area contributed by atoms with E-state index in [0.29, 0.717) is 12.8 Å². The van der Waals surface area contributed by atoms with Crippen molar-refractivity contribution in [2.75, 3.05) is 19.6 Å². The largest absolute Gasteiger partial charge is 0.465 e. The highest BCUT2D eigenvalue weighted by atomic mass is 19.4. The Morgan fingerprint density at radius 2 is 1.58 bits per heavy atom. The molecule has 1 amide bonds. The van der Waals surface area contributed by atoms with Crippen LogP contribution in [0.25, 0.3) is 0 Å². The van der Waals surface area contributed by atoms with E-state index in [1.807, 2.05) is 0 Å². The molecule has 0 radical (unpaired) electrons. The molecule has 0 bridgehead atoms. The average Bonchev–Trinajstić information content (AvgIpc) is 2.51. The molecule has 152 valence electrons. The van der Waals surface area contributed by atoms with Crippen LogP contribution in [0.15, 0.2) is 4.99 Å². The number of nitrogens with zero attached hydrogens (tertiary/aromatic N) is 2. The SMILES string of the molecule is O=C=NCCCCCCN(CC(F)(F)C(F)(F)C(F)(F)C(F)F)C(=O)O. The molecule has 13 heteroatoms. The zero-order valence-electron chi connectivity index (χ0n) is 13.2. The first-order valence-electron chi connectivity index (χ1n) is 7.24. The van der Waals surface area contributed by atoms with Crippen molar-refractivity contribution in [1.82, 2.24) is 4.90 Å². The molecule has 0 aromatic carbocycles. The Hall–Kier alpha value is -1.91. The number of carbonyl (C=O) groups is 1. The lowest BCUT2D eigenvalue weighted by molar-refractivity contribution is -0.339. The minimum atomic E-state index is -6.45. The molecule has 0 fully saturated rings. The lowest BCUT2D eigenvalue weighted by Gasteiger charge is -2.34. The van der Waals surface area contributed by atoms with Gasteiger partial charge in [-0.05, 0) is 12.8 Å². The van der Waals surface area contributed by atoms with Gasteiger partial charge in [0.1, 0.15) is 0 Å². The molecule has 0 saturated heterocycles. The summed E-state index contributed by atoms with van der Waals surface area (Å²) in [6.07, 6.45) is -4.92. The van der Waals surface area contributed by atoms with Crippen molar-refractivity contribution < 1.29 is 49.8 Å². The predicted molar refractivity (Wildman–Crippen MR) is 71.9 cm³/mol. The topological polar surface area (TPSA) is 70.0 Å². The number of rotatable bonds is 12. The molecular weight excluding hydrogens is 384 g/mol. The molecule has 0 aliphatic carbocycles. The molecule has 5 nitrogen and oxygen atoms in total. The second kappa shape index (κ2) is 9.70. The number of hydrogen-bond acceptors (Lipinski definition) is 3. The molecule has 0 aromatic heterocycles. The molecule has 1 N–H and O–H groups in total. The maximum absolute atomic E-state index is 13.5. The smallest absolute Gasteiger partial charge is 0.407 e. The van der Waals surface area contributed by atoms with Gasteiger partial charge in [-0.3, -0.25) is 0 Å². The maximum Gasteiger partial charge on any atom is 0.407 e. The van der Waals surface area contributed by atoms with E-state index in [4.69, 9.17) is 5.11 Å². The Morgan fingerprint density at radius 1 is 1.04 bits per heavy atom. The highest BCUT2D eigenvalue weighted by Crippen LogP contribution is 2.48. The summed E-state index contributed by atoms with van der Waals surface area (Å²) in [5.74, 6) is -18.5. The maximum atomic E-state index is 13.5. The number of carbonyl (C=O) groups excluding carboxylic acids is 1. The van der Waals surface area contributed by atoms with Gasteiger partial charge in [-0.15, -0.1) is 0 Å². The molecule has 0 rings (SSSR count). The van der Waals surface area contributed by atoms with E-state index in [2.05, 4.69) is 4.99 Å². The Balaban J connectivity index is 4.87. The third-order valence-corrected chi connectivity index (χ3v) is 3.32. The van der Waals surface area contributed by atoms with Crippen molar-refractivity contribution in [3.8, 4) is 0 Å². The summed E-state index contributed by atoms with van der Waals surface area (Å²) in [4.78, 5) is 23.6. The fourth-order valence-electron chi connectivity index (χ4n) is 1.85. The Kier molecular flexibility index (Phi) is 8.98. The van der Waals surface area contributed by atoms with Gasteiger partial charge >= 0.3 is 30.3 Å². The van der Waals surface area contributed by atoms with Crippen molar-refractivity contribution >= 4 is 12.2 Å². The second-order valence-corrected chi connectivity index (χ2v) is 5.29. The number of isocyanates is 1. The number of halogens is 8. The van der Waals surface area contributed by atoms with Crippen molar-refractivity contribution in [1.29, 1.82) is 0 Å². The van der Waals surface area contributed by atoms with Gasteiger partial charge in [0.05, 0.1) is 13.1 Å². The summed E-state index contributed by atoms with van der Waals surface area (Å²) in [7, 11) is 0. The lowest BCUT2D eigenvalue weighted by Crippen LogP contribution is -2.61. The summed E-state index contributed by atoms with van der Waals surface area (Å²) in [5.41, 5.74) is 0. The van der Waals surface area contributed by atoms with Crippen LogP contribution in [0.5, 0.6) is 0 Å².